The van der Waals surface area contributed by atoms with Gasteiger partial charge in [0.05, 0.1) is 16.3 Å². The van der Waals surface area contributed by atoms with Crippen molar-refractivity contribution in [2.24, 2.45) is 0 Å². The molecular formula is C13H18N2O3S. The van der Waals surface area contributed by atoms with E-state index in [1.807, 2.05) is 20.8 Å². The molecule has 1 amide bonds. The fourth-order valence-electron chi connectivity index (χ4n) is 1.30. The van der Waals surface area contributed by atoms with Crippen molar-refractivity contribution in [3.05, 3.63) is 23.4 Å². The molecule has 0 saturated heterocycles. The second-order valence-corrected chi connectivity index (χ2v) is 6.09. The highest BCUT2D eigenvalue weighted by Crippen LogP contribution is 2.25. The third-order valence-corrected chi connectivity index (χ3v) is 3.36. The molecule has 0 bridgehead atoms. The van der Waals surface area contributed by atoms with Gasteiger partial charge in [-0.15, -0.1) is 0 Å². The molecule has 1 heterocycles. The molecule has 104 valence electrons. The van der Waals surface area contributed by atoms with E-state index in [0.717, 1.165) is 0 Å². The standard InChI is InChI=1S/C13H18N2O3S/c1-13(2,3)9-5-8(12(17)18)6-11(15-9)19-7-10(16)14-4/h5-6H,7H2,1-4H3,(H,14,16)(H,17,18). The number of carboxylic acid groups (broad SMARTS) is 1. The van der Waals surface area contributed by atoms with Crippen LogP contribution in [0.1, 0.15) is 36.8 Å². The number of aromatic nitrogens is 1. The number of carbonyl (C=O) groups is 2. The monoisotopic (exact) mass is 282 g/mol. The summed E-state index contributed by atoms with van der Waals surface area (Å²) < 4.78 is 0. The lowest BCUT2D eigenvalue weighted by atomic mass is 9.91. The van der Waals surface area contributed by atoms with E-state index < -0.39 is 5.97 Å². The maximum atomic E-state index is 11.2. The van der Waals surface area contributed by atoms with Gasteiger partial charge in [0, 0.05) is 18.2 Å². The smallest absolute Gasteiger partial charge is 0.335 e. The van der Waals surface area contributed by atoms with E-state index in [9.17, 15) is 9.59 Å². The molecule has 2 N–H and O–H groups in total. The minimum atomic E-state index is -0.991. The van der Waals surface area contributed by atoms with E-state index in [4.69, 9.17) is 5.11 Å². The highest BCUT2D eigenvalue weighted by Gasteiger charge is 2.19. The van der Waals surface area contributed by atoms with Gasteiger partial charge in [-0.3, -0.25) is 4.79 Å². The Bertz CT molecular complexity index is 495. The molecule has 0 aromatic carbocycles. The number of hydrogen-bond acceptors (Lipinski definition) is 4. The zero-order valence-corrected chi connectivity index (χ0v) is 12.3. The number of nitrogens with one attached hydrogen (secondary N) is 1. The zero-order valence-electron chi connectivity index (χ0n) is 11.5. The van der Waals surface area contributed by atoms with Crippen LogP contribution in [0.15, 0.2) is 17.2 Å². The topological polar surface area (TPSA) is 79.3 Å². The van der Waals surface area contributed by atoms with Crippen LogP contribution in [0.3, 0.4) is 0 Å². The third-order valence-electron chi connectivity index (χ3n) is 2.45. The Balaban J connectivity index is 3.07. The molecule has 0 fully saturated rings. The van der Waals surface area contributed by atoms with Crippen LogP contribution < -0.4 is 5.32 Å². The van der Waals surface area contributed by atoms with Gasteiger partial charge in [0.25, 0.3) is 0 Å². The van der Waals surface area contributed by atoms with Gasteiger partial charge < -0.3 is 10.4 Å². The van der Waals surface area contributed by atoms with E-state index in [2.05, 4.69) is 10.3 Å². The summed E-state index contributed by atoms with van der Waals surface area (Å²) in [6, 6.07) is 3.07. The lowest BCUT2D eigenvalue weighted by Crippen LogP contribution is -2.20. The third kappa shape index (κ3) is 4.55. The van der Waals surface area contributed by atoms with E-state index in [1.165, 1.54) is 17.8 Å². The van der Waals surface area contributed by atoms with Gasteiger partial charge in [0.2, 0.25) is 5.91 Å². The number of pyridine rings is 1. The summed E-state index contributed by atoms with van der Waals surface area (Å²) in [5, 5.41) is 12.2. The number of hydrogen-bond donors (Lipinski definition) is 2. The van der Waals surface area contributed by atoms with Crippen LogP contribution in [0, 0.1) is 0 Å². The Hall–Kier alpha value is -1.56. The number of carboxylic acids is 1. The number of aromatic carboxylic acids is 1. The fraction of sp³-hybridized carbons (Fsp3) is 0.462. The van der Waals surface area contributed by atoms with Crippen LogP contribution in [-0.2, 0) is 10.2 Å². The van der Waals surface area contributed by atoms with Crippen LogP contribution in [-0.4, -0.2) is 34.8 Å². The summed E-state index contributed by atoms with van der Waals surface area (Å²) >= 11 is 1.23. The number of nitrogens with zero attached hydrogens (tertiary/aromatic N) is 1. The lowest BCUT2D eigenvalue weighted by molar-refractivity contribution is -0.118. The molecule has 0 spiro atoms. The Morgan fingerprint density at radius 2 is 2.00 bits per heavy atom. The lowest BCUT2D eigenvalue weighted by Gasteiger charge is -2.19. The largest absolute Gasteiger partial charge is 0.478 e. The van der Waals surface area contributed by atoms with Crippen molar-refractivity contribution in [1.29, 1.82) is 0 Å². The molecule has 19 heavy (non-hydrogen) atoms. The number of carbonyl (C=O) groups excluding carboxylic acids is 1. The highest BCUT2D eigenvalue weighted by molar-refractivity contribution is 7.99. The van der Waals surface area contributed by atoms with Crippen molar-refractivity contribution in [2.45, 2.75) is 31.2 Å². The first kappa shape index (κ1) is 15.5. The molecule has 0 saturated carbocycles. The molecular weight excluding hydrogens is 264 g/mol. The van der Waals surface area contributed by atoms with Gasteiger partial charge in [0.15, 0.2) is 0 Å². The van der Waals surface area contributed by atoms with Gasteiger partial charge in [0.1, 0.15) is 0 Å². The number of rotatable bonds is 4. The molecule has 0 aliphatic carbocycles. The van der Waals surface area contributed by atoms with Crippen LogP contribution in [0.4, 0.5) is 0 Å². The van der Waals surface area contributed by atoms with E-state index in [0.29, 0.717) is 10.7 Å². The molecule has 0 aliphatic rings. The summed E-state index contributed by atoms with van der Waals surface area (Å²) in [5.41, 5.74) is 0.652. The van der Waals surface area contributed by atoms with Gasteiger partial charge in [-0.1, -0.05) is 32.5 Å². The number of amides is 1. The van der Waals surface area contributed by atoms with Gasteiger partial charge in [-0.25, -0.2) is 9.78 Å². The van der Waals surface area contributed by atoms with Gasteiger partial charge >= 0.3 is 5.97 Å². The molecule has 0 atom stereocenters. The summed E-state index contributed by atoms with van der Waals surface area (Å²) in [6.45, 7) is 5.90. The van der Waals surface area contributed by atoms with Crippen LogP contribution >= 0.6 is 11.8 Å². The highest BCUT2D eigenvalue weighted by atomic mass is 32.2. The van der Waals surface area contributed by atoms with Crippen LogP contribution in [0.2, 0.25) is 0 Å². The molecule has 0 aliphatic heterocycles. The van der Waals surface area contributed by atoms with Crippen molar-refractivity contribution < 1.29 is 14.7 Å². The first-order valence-corrected chi connectivity index (χ1v) is 6.82. The quantitative estimate of drug-likeness (QED) is 0.825. The van der Waals surface area contributed by atoms with E-state index >= 15 is 0 Å². The molecule has 1 aromatic rings. The first-order valence-electron chi connectivity index (χ1n) is 5.83. The van der Waals surface area contributed by atoms with Crippen LogP contribution in [0.25, 0.3) is 0 Å². The maximum Gasteiger partial charge on any atom is 0.335 e. The van der Waals surface area contributed by atoms with Crippen LogP contribution in [0.5, 0.6) is 0 Å². The molecule has 0 radical (unpaired) electrons. The number of thioether (sulfide) groups is 1. The predicted octanol–water partition coefficient (Wildman–Crippen LogP) is 1.92. The Morgan fingerprint density at radius 1 is 1.37 bits per heavy atom. The summed E-state index contributed by atoms with van der Waals surface area (Å²) in [6.07, 6.45) is 0. The van der Waals surface area contributed by atoms with Crippen molar-refractivity contribution in [3.8, 4) is 0 Å². The average Bonchev–Trinajstić information content (AvgIpc) is 2.34. The summed E-state index contributed by atoms with van der Waals surface area (Å²) in [5.74, 6) is -0.893. The molecule has 1 rings (SSSR count). The average molecular weight is 282 g/mol. The van der Waals surface area contributed by atoms with E-state index in [-0.39, 0.29) is 22.6 Å². The molecule has 6 heteroatoms. The second-order valence-electron chi connectivity index (χ2n) is 5.10. The predicted molar refractivity (Wildman–Crippen MR) is 74.7 cm³/mol. The SMILES string of the molecule is CNC(=O)CSc1cc(C(=O)O)cc(C(C)(C)C)n1. The molecule has 0 unspecified atom stereocenters. The minimum Gasteiger partial charge on any atom is -0.478 e. The van der Waals surface area contributed by atoms with Crippen molar-refractivity contribution >= 4 is 23.6 Å². The maximum absolute atomic E-state index is 11.2. The van der Waals surface area contributed by atoms with Crippen molar-refractivity contribution in [1.82, 2.24) is 10.3 Å². The zero-order chi connectivity index (χ0) is 14.6. The van der Waals surface area contributed by atoms with E-state index in [1.54, 1.807) is 13.1 Å². The molecule has 1 aromatic heterocycles. The first-order chi connectivity index (χ1) is 8.74. The van der Waals surface area contributed by atoms with Gasteiger partial charge in [-0.2, -0.15) is 0 Å². The second kappa shape index (κ2) is 6.06. The summed E-state index contributed by atoms with van der Waals surface area (Å²) in [7, 11) is 1.56. The van der Waals surface area contributed by atoms with Crippen molar-refractivity contribution in [2.75, 3.05) is 12.8 Å². The molecule has 5 nitrogen and oxygen atoms in total. The Kier molecular flexibility index (Phi) is 4.94. The minimum absolute atomic E-state index is 0.121. The summed E-state index contributed by atoms with van der Waals surface area (Å²) in [4.78, 5) is 26.7. The van der Waals surface area contributed by atoms with Crippen molar-refractivity contribution in [3.63, 3.8) is 0 Å². The Morgan fingerprint density at radius 3 is 2.47 bits per heavy atom. The van der Waals surface area contributed by atoms with Gasteiger partial charge in [-0.05, 0) is 12.1 Å². The normalized spacial score (nSPS) is 11.2. The Labute approximate surface area is 116 Å². The fourth-order valence-corrected chi connectivity index (χ4v) is 2.10.